The Bertz CT molecular complexity index is 442. The first-order valence-corrected chi connectivity index (χ1v) is 7.31. The molecule has 0 aliphatic carbocycles. The summed E-state index contributed by atoms with van der Waals surface area (Å²) in [5.74, 6) is 0.795. The third kappa shape index (κ3) is 4.53. The Morgan fingerprint density at radius 3 is 2.85 bits per heavy atom. The average Bonchev–Trinajstić information content (AvgIpc) is 2.46. The number of carbonyl (C=O) groups is 1. The number of carbonyl (C=O) groups excluding carboxylic acids is 1. The van der Waals surface area contributed by atoms with Crippen molar-refractivity contribution < 1.29 is 9.53 Å². The van der Waals surface area contributed by atoms with E-state index in [1.807, 2.05) is 36.2 Å². The van der Waals surface area contributed by atoms with Gasteiger partial charge in [-0.05, 0) is 42.9 Å². The monoisotopic (exact) mass is 276 g/mol. The van der Waals surface area contributed by atoms with Crippen LogP contribution in [0.15, 0.2) is 24.3 Å². The lowest BCUT2D eigenvalue weighted by Crippen LogP contribution is -2.34. The fourth-order valence-corrected chi connectivity index (χ4v) is 2.61. The Morgan fingerprint density at radius 2 is 2.15 bits per heavy atom. The van der Waals surface area contributed by atoms with Crippen LogP contribution in [0.2, 0.25) is 0 Å². The number of ether oxygens (including phenoxy) is 1. The topological polar surface area (TPSA) is 55.6 Å². The molecule has 0 unspecified atom stereocenters. The van der Waals surface area contributed by atoms with Gasteiger partial charge in [-0.25, -0.2) is 0 Å². The van der Waals surface area contributed by atoms with E-state index in [2.05, 4.69) is 0 Å². The number of hydrogen-bond donors (Lipinski definition) is 1. The fraction of sp³-hybridized carbons (Fsp3) is 0.562. The number of aryl methyl sites for hydroxylation is 1. The smallest absolute Gasteiger partial charge is 0.222 e. The number of nitrogens with zero attached hydrogens (tertiary/aromatic N) is 1. The van der Waals surface area contributed by atoms with Gasteiger partial charge in [0.25, 0.3) is 0 Å². The highest BCUT2D eigenvalue weighted by molar-refractivity contribution is 5.76. The minimum Gasteiger partial charge on any atom is -0.399 e. The lowest BCUT2D eigenvalue weighted by molar-refractivity contribution is -0.130. The van der Waals surface area contributed by atoms with Gasteiger partial charge in [-0.1, -0.05) is 12.1 Å². The maximum Gasteiger partial charge on any atom is 0.222 e. The van der Waals surface area contributed by atoms with E-state index in [4.69, 9.17) is 10.5 Å². The van der Waals surface area contributed by atoms with Crippen LogP contribution in [0.3, 0.4) is 0 Å². The van der Waals surface area contributed by atoms with Gasteiger partial charge in [-0.3, -0.25) is 4.79 Å². The average molecular weight is 276 g/mol. The highest BCUT2D eigenvalue weighted by atomic mass is 16.5. The Balaban J connectivity index is 1.76. The van der Waals surface area contributed by atoms with Crippen molar-refractivity contribution >= 4 is 11.6 Å². The van der Waals surface area contributed by atoms with Crippen LogP contribution in [0.4, 0.5) is 5.69 Å². The SMILES string of the molecule is CN(CC1CCOCC1)C(=O)CCc1cccc(N)c1. The molecule has 20 heavy (non-hydrogen) atoms. The summed E-state index contributed by atoms with van der Waals surface area (Å²) in [6.07, 6.45) is 3.42. The summed E-state index contributed by atoms with van der Waals surface area (Å²) in [5.41, 5.74) is 7.62. The summed E-state index contributed by atoms with van der Waals surface area (Å²) in [6.45, 7) is 2.51. The molecule has 0 spiro atoms. The predicted molar refractivity (Wildman–Crippen MR) is 80.4 cm³/mol. The van der Waals surface area contributed by atoms with E-state index < -0.39 is 0 Å². The molecule has 1 amide bonds. The van der Waals surface area contributed by atoms with Gasteiger partial charge in [0.1, 0.15) is 0 Å². The molecule has 1 aromatic rings. The molecule has 110 valence electrons. The van der Waals surface area contributed by atoms with E-state index in [0.717, 1.165) is 50.3 Å². The minimum atomic E-state index is 0.207. The Kier molecular flexibility index (Phi) is 5.41. The third-order valence-corrected chi connectivity index (χ3v) is 3.88. The molecule has 2 N–H and O–H groups in total. The molecule has 0 atom stereocenters. The number of anilines is 1. The highest BCUT2D eigenvalue weighted by Crippen LogP contribution is 2.16. The number of nitrogen functional groups attached to an aromatic ring is 1. The quantitative estimate of drug-likeness (QED) is 0.838. The summed E-state index contributed by atoms with van der Waals surface area (Å²) < 4.78 is 5.34. The predicted octanol–water partition coefficient (Wildman–Crippen LogP) is 2.09. The van der Waals surface area contributed by atoms with Crippen molar-refractivity contribution in [3.63, 3.8) is 0 Å². The van der Waals surface area contributed by atoms with Crippen molar-refractivity contribution in [2.75, 3.05) is 32.5 Å². The summed E-state index contributed by atoms with van der Waals surface area (Å²) >= 11 is 0. The van der Waals surface area contributed by atoms with Gasteiger partial charge >= 0.3 is 0 Å². The van der Waals surface area contributed by atoms with Crippen molar-refractivity contribution in [3.05, 3.63) is 29.8 Å². The molecule has 1 aliphatic heterocycles. The number of benzene rings is 1. The van der Waals surface area contributed by atoms with Crippen molar-refractivity contribution in [2.24, 2.45) is 5.92 Å². The third-order valence-electron chi connectivity index (χ3n) is 3.88. The number of hydrogen-bond acceptors (Lipinski definition) is 3. The van der Waals surface area contributed by atoms with Crippen LogP contribution in [0, 0.1) is 5.92 Å². The minimum absolute atomic E-state index is 0.207. The number of rotatable bonds is 5. The van der Waals surface area contributed by atoms with Crippen molar-refractivity contribution in [3.8, 4) is 0 Å². The van der Waals surface area contributed by atoms with Gasteiger partial charge in [-0.15, -0.1) is 0 Å². The van der Waals surface area contributed by atoms with Crippen molar-refractivity contribution in [1.82, 2.24) is 4.90 Å². The van der Waals surface area contributed by atoms with Gasteiger partial charge in [0, 0.05) is 38.9 Å². The molecule has 1 heterocycles. The number of amides is 1. The molecule has 2 rings (SSSR count). The molecule has 0 bridgehead atoms. The molecule has 0 radical (unpaired) electrons. The lowest BCUT2D eigenvalue weighted by atomic mass is 9.99. The van der Waals surface area contributed by atoms with E-state index in [0.29, 0.717) is 12.3 Å². The molecule has 1 aromatic carbocycles. The highest BCUT2D eigenvalue weighted by Gasteiger charge is 2.18. The molecule has 1 saturated heterocycles. The van der Waals surface area contributed by atoms with Gasteiger partial charge in [0.15, 0.2) is 0 Å². The van der Waals surface area contributed by atoms with Crippen molar-refractivity contribution in [1.29, 1.82) is 0 Å². The van der Waals surface area contributed by atoms with Crippen LogP contribution < -0.4 is 5.73 Å². The van der Waals surface area contributed by atoms with E-state index >= 15 is 0 Å². The zero-order valence-corrected chi connectivity index (χ0v) is 12.2. The zero-order chi connectivity index (χ0) is 14.4. The molecule has 0 aromatic heterocycles. The first-order valence-electron chi connectivity index (χ1n) is 7.31. The maximum absolute atomic E-state index is 12.1. The van der Waals surface area contributed by atoms with Crippen LogP contribution in [0.25, 0.3) is 0 Å². The van der Waals surface area contributed by atoms with E-state index in [9.17, 15) is 4.79 Å². The Labute approximate surface area is 120 Å². The molecule has 0 saturated carbocycles. The second kappa shape index (κ2) is 7.29. The molecular weight excluding hydrogens is 252 g/mol. The lowest BCUT2D eigenvalue weighted by Gasteiger charge is -2.27. The summed E-state index contributed by atoms with van der Waals surface area (Å²) in [7, 11) is 1.90. The van der Waals surface area contributed by atoms with E-state index in [-0.39, 0.29) is 5.91 Å². The molecular formula is C16H24N2O2. The second-order valence-electron chi connectivity index (χ2n) is 5.58. The largest absolute Gasteiger partial charge is 0.399 e. The standard InChI is InChI=1S/C16H24N2O2/c1-18(12-14-7-9-20-10-8-14)16(19)6-5-13-3-2-4-15(17)11-13/h2-4,11,14H,5-10,12,17H2,1H3. The summed E-state index contributed by atoms with van der Waals surface area (Å²) in [5, 5.41) is 0. The Hall–Kier alpha value is -1.55. The first kappa shape index (κ1) is 14.9. The molecule has 1 fully saturated rings. The fourth-order valence-electron chi connectivity index (χ4n) is 2.61. The first-order chi connectivity index (χ1) is 9.65. The van der Waals surface area contributed by atoms with Crippen molar-refractivity contribution in [2.45, 2.75) is 25.7 Å². The van der Waals surface area contributed by atoms with Gasteiger partial charge in [-0.2, -0.15) is 0 Å². The van der Waals surface area contributed by atoms with E-state index in [1.165, 1.54) is 0 Å². The van der Waals surface area contributed by atoms with Crippen LogP contribution >= 0.6 is 0 Å². The van der Waals surface area contributed by atoms with Gasteiger partial charge in [0.2, 0.25) is 5.91 Å². The van der Waals surface area contributed by atoms with E-state index in [1.54, 1.807) is 0 Å². The van der Waals surface area contributed by atoms with Crippen LogP contribution in [-0.4, -0.2) is 37.6 Å². The molecule has 4 nitrogen and oxygen atoms in total. The zero-order valence-electron chi connectivity index (χ0n) is 12.2. The summed E-state index contributed by atoms with van der Waals surface area (Å²) in [4.78, 5) is 14.0. The number of nitrogens with two attached hydrogens (primary N) is 1. The van der Waals surface area contributed by atoms with Crippen LogP contribution in [0.1, 0.15) is 24.8 Å². The summed E-state index contributed by atoms with van der Waals surface area (Å²) in [6, 6.07) is 7.75. The Morgan fingerprint density at radius 1 is 1.40 bits per heavy atom. The second-order valence-corrected chi connectivity index (χ2v) is 5.58. The van der Waals surface area contributed by atoms with Crippen LogP contribution in [0.5, 0.6) is 0 Å². The molecule has 1 aliphatic rings. The maximum atomic E-state index is 12.1. The van der Waals surface area contributed by atoms with Gasteiger partial charge < -0.3 is 15.4 Å². The molecule has 4 heteroatoms. The van der Waals surface area contributed by atoms with Gasteiger partial charge in [0.05, 0.1) is 0 Å². The van der Waals surface area contributed by atoms with Crippen LogP contribution in [-0.2, 0) is 16.0 Å². The normalized spacial score (nSPS) is 16.1.